The molecular formula is C9H10FN. The van der Waals surface area contributed by atoms with Crippen molar-refractivity contribution in [1.82, 2.24) is 0 Å². The molecule has 1 nitrogen and oxygen atoms in total. The Hall–Kier alpha value is -1.31. The van der Waals surface area contributed by atoms with Crippen LogP contribution in [0.1, 0.15) is 12.5 Å². The van der Waals surface area contributed by atoms with Crippen molar-refractivity contribution in [1.29, 1.82) is 0 Å². The molecule has 0 aliphatic carbocycles. The van der Waals surface area contributed by atoms with Crippen LogP contribution in [0.2, 0.25) is 0 Å². The molecule has 0 aliphatic heterocycles. The first kappa shape index (κ1) is 7.79. The second kappa shape index (κ2) is 3.19. The molecule has 1 aromatic rings. The topological polar surface area (TPSA) is 26.0 Å². The molecule has 0 amide bonds. The van der Waals surface area contributed by atoms with Gasteiger partial charge in [0.15, 0.2) is 0 Å². The lowest BCUT2D eigenvalue weighted by Gasteiger charge is -2.00. The van der Waals surface area contributed by atoms with Gasteiger partial charge in [-0.05, 0) is 19.1 Å². The van der Waals surface area contributed by atoms with E-state index >= 15 is 0 Å². The number of halogens is 1. The third-order valence-electron chi connectivity index (χ3n) is 1.50. The molecule has 0 aliphatic rings. The third-order valence-corrected chi connectivity index (χ3v) is 1.50. The summed E-state index contributed by atoms with van der Waals surface area (Å²) in [6.45, 7) is 1.78. The highest BCUT2D eigenvalue weighted by molar-refractivity contribution is 5.62. The van der Waals surface area contributed by atoms with E-state index in [1.54, 1.807) is 31.2 Å². The van der Waals surface area contributed by atoms with Gasteiger partial charge in [-0.2, -0.15) is 0 Å². The van der Waals surface area contributed by atoms with Crippen LogP contribution in [0.4, 0.5) is 4.39 Å². The number of hydrogen-bond donors (Lipinski definition) is 1. The average molecular weight is 151 g/mol. The Morgan fingerprint density at radius 3 is 2.64 bits per heavy atom. The van der Waals surface area contributed by atoms with Crippen LogP contribution in [-0.4, -0.2) is 0 Å². The summed E-state index contributed by atoms with van der Waals surface area (Å²) < 4.78 is 12.9. The van der Waals surface area contributed by atoms with Crippen molar-refractivity contribution in [2.75, 3.05) is 0 Å². The molecule has 0 radical (unpaired) electrons. The Bertz CT molecular complexity index is 279. The fourth-order valence-corrected chi connectivity index (χ4v) is 0.851. The highest BCUT2D eigenvalue weighted by Gasteiger charge is 2.00. The first-order valence-corrected chi connectivity index (χ1v) is 3.42. The Kier molecular flexibility index (Phi) is 2.26. The number of hydrogen-bond acceptors (Lipinski definition) is 1. The Balaban J connectivity index is 3.14. The molecule has 1 aromatic carbocycles. The molecule has 11 heavy (non-hydrogen) atoms. The summed E-state index contributed by atoms with van der Waals surface area (Å²) in [5.41, 5.74) is 6.46. The zero-order chi connectivity index (χ0) is 8.27. The predicted octanol–water partition coefficient (Wildman–Crippen LogP) is 2.15. The molecule has 0 saturated heterocycles. The fourth-order valence-electron chi connectivity index (χ4n) is 0.851. The largest absolute Gasteiger partial charge is 0.398 e. The lowest BCUT2D eigenvalue weighted by Crippen LogP contribution is -1.97. The van der Waals surface area contributed by atoms with E-state index < -0.39 is 0 Å². The molecule has 0 fully saturated rings. The van der Waals surface area contributed by atoms with Gasteiger partial charge in [0.25, 0.3) is 0 Å². The fraction of sp³-hybridized carbons (Fsp3) is 0.111. The van der Waals surface area contributed by atoms with Gasteiger partial charge >= 0.3 is 0 Å². The molecule has 0 spiro atoms. The molecule has 0 unspecified atom stereocenters. The van der Waals surface area contributed by atoms with Crippen molar-refractivity contribution in [3.63, 3.8) is 0 Å². The van der Waals surface area contributed by atoms with Crippen LogP contribution in [0.25, 0.3) is 5.70 Å². The van der Waals surface area contributed by atoms with E-state index in [2.05, 4.69) is 0 Å². The minimum atomic E-state index is -0.275. The van der Waals surface area contributed by atoms with Crippen molar-refractivity contribution in [3.8, 4) is 0 Å². The highest BCUT2D eigenvalue weighted by Crippen LogP contribution is 2.12. The summed E-state index contributed by atoms with van der Waals surface area (Å²) in [4.78, 5) is 0. The van der Waals surface area contributed by atoms with Crippen molar-refractivity contribution in [3.05, 3.63) is 41.7 Å². The first-order valence-electron chi connectivity index (χ1n) is 3.42. The van der Waals surface area contributed by atoms with Crippen LogP contribution < -0.4 is 5.73 Å². The predicted molar refractivity (Wildman–Crippen MR) is 44.2 cm³/mol. The van der Waals surface area contributed by atoms with Gasteiger partial charge in [-0.15, -0.1) is 0 Å². The van der Waals surface area contributed by atoms with Crippen LogP contribution >= 0.6 is 0 Å². The lowest BCUT2D eigenvalue weighted by atomic mass is 10.1. The number of allylic oxidation sites excluding steroid dienone is 1. The Labute approximate surface area is 65.3 Å². The molecule has 0 saturated carbocycles. The second-order valence-electron chi connectivity index (χ2n) is 2.22. The van der Waals surface area contributed by atoms with Crippen LogP contribution in [0.15, 0.2) is 30.3 Å². The molecule has 1 rings (SSSR count). The zero-order valence-corrected chi connectivity index (χ0v) is 6.34. The van der Waals surface area contributed by atoms with Gasteiger partial charge in [0.05, 0.1) is 0 Å². The van der Waals surface area contributed by atoms with Gasteiger partial charge in [-0.1, -0.05) is 18.2 Å². The molecule has 2 N–H and O–H groups in total. The molecular weight excluding hydrogens is 141 g/mol. The molecule has 0 heterocycles. The first-order chi connectivity index (χ1) is 5.25. The van der Waals surface area contributed by atoms with E-state index in [-0.39, 0.29) is 5.82 Å². The van der Waals surface area contributed by atoms with Gasteiger partial charge < -0.3 is 5.73 Å². The summed E-state index contributed by atoms with van der Waals surface area (Å²) in [6.07, 6.45) is 1.68. The van der Waals surface area contributed by atoms with Crippen molar-refractivity contribution < 1.29 is 4.39 Å². The van der Waals surface area contributed by atoms with Gasteiger partial charge in [0.1, 0.15) is 5.82 Å². The molecule has 0 aromatic heterocycles. The number of nitrogens with two attached hydrogens (primary N) is 1. The van der Waals surface area contributed by atoms with E-state index in [4.69, 9.17) is 5.73 Å². The SMILES string of the molecule is C/C=C(\N)c1ccccc1F. The summed E-state index contributed by atoms with van der Waals surface area (Å²) in [5, 5.41) is 0. The van der Waals surface area contributed by atoms with E-state index in [1.165, 1.54) is 6.07 Å². The third kappa shape index (κ3) is 1.58. The number of benzene rings is 1. The van der Waals surface area contributed by atoms with Crippen molar-refractivity contribution in [2.24, 2.45) is 5.73 Å². The smallest absolute Gasteiger partial charge is 0.132 e. The van der Waals surface area contributed by atoms with Crippen LogP contribution in [0, 0.1) is 5.82 Å². The van der Waals surface area contributed by atoms with E-state index in [9.17, 15) is 4.39 Å². The molecule has 58 valence electrons. The average Bonchev–Trinajstić information content (AvgIpc) is 2.04. The maximum atomic E-state index is 12.9. The highest BCUT2D eigenvalue weighted by atomic mass is 19.1. The maximum absolute atomic E-state index is 12.9. The van der Waals surface area contributed by atoms with Crippen molar-refractivity contribution in [2.45, 2.75) is 6.92 Å². The Morgan fingerprint density at radius 1 is 1.45 bits per heavy atom. The molecule has 0 atom stereocenters. The van der Waals surface area contributed by atoms with E-state index in [0.29, 0.717) is 11.3 Å². The lowest BCUT2D eigenvalue weighted by molar-refractivity contribution is 0.623. The summed E-state index contributed by atoms with van der Waals surface area (Å²) in [5.74, 6) is -0.275. The minimum Gasteiger partial charge on any atom is -0.398 e. The van der Waals surface area contributed by atoms with Gasteiger partial charge in [-0.25, -0.2) is 4.39 Å². The van der Waals surface area contributed by atoms with Gasteiger partial charge in [0, 0.05) is 11.3 Å². The second-order valence-corrected chi connectivity index (χ2v) is 2.22. The van der Waals surface area contributed by atoms with Gasteiger partial charge in [0.2, 0.25) is 0 Å². The standard InChI is InChI=1S/C9H10FN/c1-2-9(11)7-5-3-4-6-8(7)10/h2-6H,11H2,1H3/b9-2-. The van der Waals surface area contributed by atoms with E-state index in [1.807, 2.05) is 0 Å². The number of rotatable bonds is 1. The quantitative estimate of drug-likeness (QED) is 0.653. The minimum absolute atomic E-state index is 0.275. The molecule has 0 bridgehead atoms. The van der Waals surface area contributed by atoms with Crippen LogP contribution in [0.3, 0.4) is 0 Å². The van der Waals surface area contributed by atoms with Crippen molar-refractivity contribution >= 4 is 5.70 Å². The summed E-state index contributed by atoms with van der Waals surface area (Å²) in [6, 6.07) is 6.45. The van der Waals surface area contributed by atoms with E-state index in [0.717, 1.165) is 0 Å². The van der Waals surface area contributed by atoms with Gasteiger partial charge in [-0.3, -0.25) is 0 Å². The maximum Gasteiger partial charge on any atom is 0.132 e. The zero-order valence-electron chi connectivity index (χ0n) is 6.34. The monoisotopic (exact) mass is 151 g/mol. The van der Waals surface area contributed by atoms with Crippen LogP contribution in [0.5, 0.6) is 0 Å². The summed E-state index contributed by atoms with van der Waals surface area (Å²) in [7, 11) is 0. The normalized spacial score (nSPS) is 11.6. The Morgan fingerprint density at radius 2 is 2.09 bits per heavy atom. The summed E-state index contributed by atoms with van der Waals surface area (Å²) >= 11 is 0. The molecule has 2 heteroatoms. The van der Waals surface area contributed by atoms with Crippen LogP contribution in [-0.2, 0) is 0 Å².